The van der Waals surface area contributed by atoms with Crippen molar-refractivity contribution in [1.29, 1.82) is 0 Å². The molecule has 1 aromatic carbocycles. The first kappa shape index (κ1) is 19.2. The van der Waals surface area contributed by atoms with E-state index in [1.807, 2.05) is 17.6 Å². The van der Waals surface area contributed by atoms with Gasteiger partial charge in [0.1, 0.15) is 6.33 Å². The van der Waals surface area contributed by atoms with Gasteiger partial charge in [0.25, 0.3) is 0 Å². The van der Waals surface area contributed by atoms with Crippen molar-refractivity contribution in [3.05, 3.63) is 57.0 Å². The lowest BCUT2D eigenvalue weighted by molar-refractivity contribution is -0.115. The topological polar surface area (TPSA) is 59.8 Å². The molecule has 1 N–H and O–H groups in total. The molecule has 2 aromatic heterocycles. The van der Waals surface area contributed by atoms with E-state index in [1.165, 1.54) is 16.6 Å². The highest BCUT2D eigenvalue weighted by Crippen LogP contribution is 2.27. The van der Waals surface area contributed by atoms with Crippen molar-refractivity contribution in [2.45, 2.75) is 30.3 Å². The number of nitrogens with zero attached hydrogens (tertiary/aromatic N) is 3. The summed E-state index contributed by atoms with van der Waals surface area (Å²) in [6, 6.07) is 9.10. The predicted molar refractivity (Wildman–Crippen MR) is 108 cm³/mol. The Bertz CT molecular complexity index is 883. The number of carbonyl (C=O) groups excluding carboxylic acids is 1. The first-order valence-electron chi connectivity index (χ1n) is 7.85. The van der Waals surface area contributed by atoms with Gasteiger partial charge in [-0.2, -0.15) is 0 Å². The number of aromatic nitrogens is 3. The quantitative estimate of drug-likeness (QED) is 0.539. The standard InChI is InChI=1S/C17H16Cl2N4OS2/c1-11(16(24)21-15-5-4-12(18)9-14(15)19)26-17-22-20-10-23(17)7-6-13-3-2-8-25-13/h2-5,8-11H,6-7H2,1H3,(H,21,24). The zero-order valence-corrected chi connectivity index (χ0v) is 17.0. The minimum absolute atomic E-state index is 0.160. The molecule has 2 heterocycles. The molecule has 26 heavy (non-hydrogen) atoms. The summed E-state index contributed by atoms with van der Waals surface area (Å²) in [5.41, 5.74) is 0.535. The second kappa shape index (κ2) is 8.90. The molecule has 5 nitrogen and oxygen atoms in total. The molecular formula is C17H16Cl2N4OS2. The van der Waals surface area contributed by atoms with Crippen LogP contribution in [0.2, 0.25) is 10.0 Å². The Morgan fingerprint density at radius 1 is 1.38 bits per heavy atom. The number of aryl methyl sites for hydroxylation is 2. The van der Waals surface area contributed by atoms with Crippen molar-refractivity contribution < 1.29 is 4.79 Å². The van der Waals surface area contributed by atoms with Crippen LogP contribution in [0.15, 0.2) is 47.2 Å². The molecule has 0 spiro atoms. The van der Waals surface area contributed by atoms with Crippen molar-refractivity contribution in [1.82, 2.24) is 14.8 Å². The van der Waals surface area contributed by atoms with E-state index in [1.54, 1.807) is 35.9 Å². The Morgan fingerprint density at radius 3 is 2.96 bits per heavy atom. The highest BCUT2D eigenvalue weighted by Gasteiger charge is 2.19. The number of hydrogen-bond acceptors (Lipinski definition) is 5. The largest absolute Gasteiger partial charge is 0.324 e. The van der Waals surface area contributed by atoms with Crippen LogP contribution in [0, 0.1) is 0 Å². The summed E-state index contributed by atoms with van der Waals surface area (Å²) >= 11 is 15.1. The van der Waals surface area contributed by atoms with Gasteiger partial charge in [-0.25, -0.2) is 0 Å². The number of amides is 1. The summed E-state index contributed by atoms with van der Waals surface area (Å²) in [6.07, 6.45) is 2.60. The van der Waals surface area contributed by atoms with E-state index in [4.69, 9.17) is 23.2 Å². The second-order valence-corrected chi connectivity index (χ2v) is 8.69. The van der Waals surface area contributed by atoms with E-state index in [0.29, 0.717) is 20.9 Å². The summed E-state index contributed by atoms with van der Waals surface area (Å²) in [5.74, 6) is -0.160. The van der Waals surface area contributed by atoms with Gasteiger partial charge < -0.3 is 9.88 Å². The first-order valence-corrected chi connectivity index (χ1v) is 10.4. The van der Waals surface area contributed by atoms with Gasteiger partial charge in [0.15, 0.2) is 5.16 Å². The van der Waals surface area contributed by atoms with E-state index in [0.717, 1.165) is 13.0 Å². The SMILES string of the molecule is CC(Sc1nncn1CCc1cccs1)C(=O)Nc1ccc(Cl)cc1Cl. The summed E-state index contributed by atoms with van der Waals surface area (Å²) in [7, 11) is 0. The predicted octanol–water partition coefficient (Wildman–Crippen LogP) is 5.01. The van der Waals surface area contributed by atoms with E-state index < -0.39 is 0 Å². The number of nitrogens with one attached hydrogen (secondary N) is 1. The molecule has 3 rings (SSSR count). The molecule has 9 heteroatoms. The number of carbonyl (C=O) groups is 1. The van der Waals surface area contributed by atoms with Crippen LogP contribution in [-0.2, 0) is 17.8 Å². The summed E-state index contributed by atoms with van der Waals surface area (Å²) in [5, 5.41) is 14.3. The van der Waals surface area contributed by atoms with Gasteiger partial charge in [-0.15, -0.1) is 21.5 Å². The molecule has 0 aliphatic heterocycles. The number of rotatable bonds is 7. The molecular weight excluding hydrogens is 411 g/mol. The molecule has 1 unspecified atom stereocenters. The minimum Gasteiger partial charge on any atom is -0.324 e. The van der Waals surface area contributed by atoms with Gasteiger partial charge in [0, 0.05) is 16.4 Å². The number of halogens is 2. The van der Waals surface area contributed by atoms with E-state index in [-0.39, 0.29) is 11.2 Å². The third-order valence-corrected chi connectivity index (χ3v) is 6.18. The number of hydrogen-bond donors (Lipinski definition) is 1. The van der Waals surface area contributed by atoms with Crippen molar-refractivity contribution in [2.24, 2.45) is 0 Å². The molecule has 0 radical (unpaired) electrons. The average Bonchev–Trinajstić information content (AvgIpc) is 3.27. The van der Waals surface area contributed by atoms with Crippen LogP contribution >= 0.6 is 46.3 Å². The molecule has 1 amide bonds. The lowest BCUT2D eigenvalue weighted by Crippen LogP contribution is -2.23. The maximum absolute atomic E-state index is 12.5. The van der Waals surface area contributed by atoms with Crippen LogP contribution in [0.1, 0.15) is 11.8 Å². The Balaban J connectivity index is 1.59. The minimum atomic E-state index is -0.355. The van der Waals surface area contributed by atoms with Crippen LogP contribution in [-0.4, -0.2) is 25.9 Å². The highest BCUT2D eigenvalue weighted by molar-refractivity contribution is 8.00. The average molecular weight is 427 g/mol. The van der Waals surface area contributed by atoms with Crippen molar-refractivity contribution in [3.8, 4) is 0 Å². The highest BCUT2D eigenvalue weighted by atomic mass is 35.5. The summed E-state index contributed by atoms with van der Waals surface area (Å²) < 4.78 is 1.96. The molecule has 0 bridgehead atoms. The molecule has 0 fully saturated rings. The smallest absolute Gasteiger partial charge is 0.237 e. The fourth-order valence-corrected chi connectivity index (χ4v) is 4.22. The molecule has 3 aromatic rings. The fraction of sp³-hybridized carbons (Fsp3) is 0.235. The fourth-order valence-electron chi connectivity index (χ4n) is 2.21. The molecule has 1 atom stereocenters. The van der Waals surface area contributed by atoms with Crippen LogP contribution < -0.4 is 5.32 Å². The monoisotopic (exact) mass is 426 g/mol. The summed E-state index contributed by atoms with van der Waals surface area (Å²) in [4.78, 5) is 13.8. The molecule has 0 saturated carbocycles. The van der Waals surface area contributed by atoms with E-state index >= 15 is 0 Å². The van der Waals surface area contributed by atoms with Gasteiger partial charge in [-0.05, 0) is 43.0 Å². The van der Waals surface area contributed by atoms with Crippen molar-refractivity contribution >= 4 is 57.9 Å². The Morgan fingerprint density at radius 2 is 2.23 bits per heavy atom. The summed E-state index contributed by atoms with van der Waals surface area (Å²) in [6.45, 7) is 2.59. The van der Waals surface area contributed by atoms with Crippen LogP contribution in [0.5, 0.6) is 0 Å². The zero-order valence-electron chi connectivity index (χ0n) is 13.9. The molecule has 136 valence electrons. The Labute approximate surface area is 169 Å². The first-order chi connectivity index (χ1) is 12.5. The Kier molecular flexibility index (Phi) is 6.58. The van der Waals surface area contributed by atoms with Crippen LogP contribution in [0.25, 0.3) is 0 Å². The van der Waals surface area contributed by atoms with Crippen LogP contribution in [0.4, 0.5) is 5.69 Å². The van der Waals surface area contributed by atoms with Gasteiger partial charge >= 0.3 is 0 Å². The third-order valence-electron chi connectivity index (χ3n) is 3.60. The number of anilines is 1. The lowest BCUT2D eigenvalue weighted by Gasteiger charge is -2.13. The number of benzene rings is 1. The molecule has 0 aliphatic carbocycles. The number of thiophene rings is 1. The maximum Gasteiger partial charge on any atom is 0.237 e. The molecule has 0 aliphatic rings. The number of thioether (sulfide) groups is 1. The van der Waals surface area contributed by atoms with E-state index in [2.05, 4.69) is 27.0 Å². The van der Waals surface area contributed by atoms with Gasteiger partial charge in [-0.1, -0.05) is 41.0 Å². The second-order valence-electron chi connectivity index (χ2n) is 5.51. The van der Waals surface area contributed by atoms with Crippen molar-refractivity contribution in [3.63, 3.8) is 0 Å². The van der Waals surface area contributed by atoms with Crippen molar-refractivity contribution in [2.75, 3.05) is 5.32 Å². The Hall–Kier alpha value is -1.54. The normalized spacial score (nSPS) is 12.1. The van der Waals surface area contributed by atoms with E-state index in [9.17, 15) is 4.79 Å². The van der Waals surface area contributed by atoms with Gasteiger partial charge in [0.05, 0.1) is 16.0 Å². The third kappa shape index (κ3) is 5.01. The van der Waals surface area contributed by atoms with Crippen LogP contribution in [0.3, 0.4) is 0 Å². The maximum atomic E-state index is 12.5. The van der Waals surface area contributed by atoms with Gasteiger partial charge in [-0.3, -0.25) is 4.79 Å². The lowest BCUT2D eigenvalue weighted by atomic mass is 10.3. The van der Waals surface area contributed by atoms with Gasteiger partial charge in [0.2, 0.25) is 5.91 Å². The zero-order chi connectivity index (χ0) is 18.5. The molecule has 0 saturated heterocycles.